The van der Waals surface area contributed by atoms with Crippen molar-refractivity contribution in [1.29, 1.82) is 0 Å². The third-order valence-electron chi connectivity index (χ3n) is 8.48. The summed E-state index contributed by atoms with van der Waals surface area (Å²) in [5.41, 5.74) is 11.2. The normalized spacial score (nSPS) is 21.5. The van der Waals surface area contributed by atoms with Crippen molar-refractivity contribution in [1.82, 2.24) is 9.88 Å². The summed E-state index contributed by atoms with van der Waals surface area (Å²) in [6.45, 7) is 3.06. The molecule has 6 heteroatoms. The van der Waals surface area contributed by atoms with Crippen LogP contribution in [0.15, 0.2) is 48.7 Å². The van der Waals surface area contributed by atoms with Crippen LogP contribution in [0, 0.1) is 17.0 Å². The van der Waals surface area contributed by atoms with Crippen LogP contribution in [0.2, 0.25) is 0 Å². The van der Waals surface area contributed by atoms with Crippen LogP contribution < -0.4 is 11.1 Å². The summed E-state index contributed by atoms with van der Waals surface area (Å²) in [6, 6.07) is 15.6. The average molecular weight is 505 g/mol. The van der Waals surface area contributed by atoms with E-state index in [2.05, 4.69) is 47.3 Å². The molecule has 37 heavy (non-hydrogen) atoms. The van der Waals surface area contributed by atoms with E-state index >= 15 is 0 Å². The highest BCUT2D eigenvalue weighted by Gasteiger charge is 2.26. The molecule has 1 heterocycles. The largest absolute Gasteiger partial charge is 0.344 e. The van der Waals surface area contributed by atoms with Crippen LogP contribution in [0.4, 0.5) is 5.69 Å². The SMILES string of the molecule is C.Cc1cccc(C(CCNC2CCC(N)CC2)c2cn(C3CCCCC3)c3ccc([N+](=O)[O-])cc23)c1. The first-order chi connectivity index (χ1) is 17.5. The summed E-state index contributed by atoms with van der Waals surface area (Å²) in [7, 11) is 0. The van der Waals surface area contributed by atoms with E-state index < -0.39 is 0 Å². The van der Waals surface area contributed by atoms with E-state index in [1.54, 1.807) is 6.07 Å². The number of rotatable bonds is 8. The van der Waals surface area contributed by atoms with Gasteiger partial charge >= 0.3 is 0 Å². The lowest BCUT2D eigenvalue weighted by atomic mass is 9.87. The highest BCUT2D eigenvalue weighted by molar-refractivity contribution is 5.87. The number of nitro benzene ring substituents is 1. The second-order valence-electron chi connectivity index (χ2n) is 11.1. The van der Waals surface area contributed by atoms with Gasteiger partial charge in [-0.25, -0.2) is 0 Å². The van der Waals surface area contributed by atoms with Crippen LogP contribution in [0.3, 0.4) is 0 Å². The molecule has 0 radical (unpaired) electrons. The monoisotopic (exact) mass is 504 g/mol. The molecule has 5 rings (SSSR count). The zero-order chi connectivity index (χ0) is 25.1. The standard InChI is InChI=1S/C30H40N4O2.CH4/c1-21-6-5-7-22(18-21)27(16-17-32-24-12-10-23(31)11-13-24)29-20-33(25-8-3-2-4-9-25)30-15-14-26(34(35)36)19-28(29)30;/h5-7,14-15,18-20,23-25,27,32H,2-4,8-13,16-17,31H2,1H3;1H4. The predicted molar refractivity (Wildman–Crippen MR) is 153 cm³/mol. The number of non-ortho nitro benzene ring substituents is 1. The van der Waals surface area contributed by atoms with Gasteiger partial charge in [0.15, 0.2) is 0 Å². The van der Waals surface area contributed by atoms with E-state index in [1.165, 1.54) is 48.8 Å². The van der Waals surface area contributed by atoms with Crippen molar-refractivity contribution in [2.45, 2.75) is 103 Å². The van der Waals surface area contributed by atoms with Crippen molar-refractivity contribution in [3.05, 3.63) is 75.5 Å². The molecule has 0 amide bonds. The molecule has 6 nitrogen and oxygen atoms in total. The van der Waals surface area contributed by atoms with Gasteiger partial charge in [0.25, 0.3) is 5.69 Å². The van der Waals surface area contributed by atoms with Crippen molar-refractivity contribution in [2.75, 3.05) is 6.54 Å². The van der Waals surface area contributed by atoms with Gasteiger partial charge in [0, 0.05) is 53.3 Å². The number of fused-ring (bicyclic) bond motifs is 1. The summed E-state index contributed by atoms with van der Waals surface area (Å²) in [5.74, 6) is 0.178. The molecule has 0 saturated heterocycles. The Balaban J connectivity index is 0.00000320. The Morgan fingerprint density at radius 3 is 2.51 bits per heavy atom. The molecule has 1 atom stereocenters. The minimum Gasteiger partial charge on any atom is -0.344 e. The molecule has 2 fully saturated rings. The Hall–Kier alpha value is -2.70. The number of benzene rings is 2. The second-order valence-corrected chi connectivity index (χ2v) is 11.1. The van der Waals surface area contributed by atoms with Gasteiger partial charge in [-0.15, -0.1) is 0 Å². The summed E-state index contributed by atoms with van der Waals surface area (Å²) < 4.78 is 2.44. The van der Waals surface area contributed by atoms with Gasteiger partial charge < -0.3 is 15.6 Å². The number of nitrogens with zero attached hydrogens (tertiary/aromatic N) is 2. The molecule has 1 aromatic heterocycles. The van der Waals surface area contributed by atoms with E-state index in [9.17, 15) is 10.1 Å². The van der Waals surface area contributed by atoms with E-state index in [0.29, 0.717) is 18.1 Å². The molecule has 1 unspecified atom stereocenters. The number of aryl methyl sites for hydroxylation is 1. The fraction of sp³-hybridized carbons (Fsp3) is 0.548. The number of hydrogen-bond donors (Lipinski definition) is 2. The number of nitro groups is 1. The van der Waals surface area contributed by atoms with E-state index in [-0.39, 0.29) is 24.0 Å². The molecule has 2 aliphatic carbocycles. The summed E-state index contributed by atoms with van der Waals surface area (Å²) in [5, 5.41) is 16.5. The smallest absolute Gasteiger partial charge is 0.270 e. The van der Waals surface area contributed by atoms with Crippen LogP contribution in [-0.2, 0) is 0 Å². The van der Waals surface area contributed by atoms with Gasteiger partial charge in [-0.2, -0.15) is 0 Å². The molecule has 3 aromatic rings. The molecule has 200 valence electrons. The Morgan fingerprint density at radius 1 is 1.05 bits per heavy atom. The first-order valence-electron chi connectivity index (χ1n) is 13.8. The third kappa shape index (κ3) is 6.24. The van der Waals surface area contributed by atoms with Gasteiger partial charge in [-0.1, -0.05) is 56.5 Å². The van der Waals surface area contributed by atoms with Crippen LogP contribution in [0.5, 0.6) is 0 Å². The van der Waals surface area contributed by atoms with E-state index in [1.807, 2.05) is 12.1 Å². The molecular weight excluding hydrogens is 460 g/mol. The first kappa shape index (κ1) is 27.3. The first-order valence-corrected chi connectivity index (χ1v) is 13.8. The summed E-state index contributed by atoms with van der Waals surface area (Å²) in [4.78, 5) is 11.4. The van der Waals surface area contributed by atoms with Crippen molar-refractivity contribution in [2.24, 2.45) is 5.73 Å². The van der Waals surface area contributed by atoms with Gasteiger partial charge in [0.1, 0.15) is 0 Å². The van der Waals surface area contributed by atoms with Crippen LogP contribution >= 0.6 is 0 Å². The van der Waals surface area contributed by atoms with Crippen molar-refractivity contribution < 1.29 is 4.92 Å². The number of hydrogen-bond acceptors (Lipinski definition) is 4. The van der Waals surface area contributed by atoms with Crippen molar-refractivity contribution in [3.63, 3.8) is 0 Å². The fourth-order valence-corrected chi connectivity index (χ4v) is 6.47. The third-order valence-corrected chi connectivity index (χ3v) is 8.48. The van der Waals surface area contributed by atoms with E-state index in [4.69, 9.17) is 5.73 Å². The highest BCUT2D eigenvalue weighted by atomic mass is 16.6. The number of aromatic nitrogens is 1. The van der Waals surface area contributed by atoms with Gasteiger partial charge in [0.2, 0.25) is 0 Å². The summed E-state index contributed by atoms with van der Waals surface area (Å²) >= 11 is 0. The maximum Gasteiger partial charge on any atom is 0.270 e. The van der Waals surface area contributed by atoms with E-state index in [0.717, 1.165) is 49.6 Å². The molecule has 2 aromatic carbocycles. The van der Waals surface area contributed by atoms with Crippen LogP contribution in [0.1, 0.15) is 100 Å². The molecule has 3 N–H and O–H groups in total. The lowest BCUT2D eigenvalue weighted by Crippen LogP contribution is -2.38. The predicted octanol–water partition coefficient (Wildman–Crippen LogP) is 7.38. The lowest BCUT2D eigenvalue weighted by Gasteiger charge is -2.28. The lowest BCUT2D eigenvalue weighted by molar-refractivity contribution is -0.384. The quantitative estimate of drug-likeness (QED) is 0.247. The van der Waals surface area contributed by atoms with Crippen LogP contribution in [0.25, 0.3) is 10.9 Å². The Kier molecular flexibility index (Phi) is 9.04. The Bertz CT molecular complexity index is 1190. The average Bonchev–Trinajstić information content (AvgIpc) is 3.27. The highest BCUT2D eigenvalue weighted by Crippen LogP contribution is 2.40. The van der Waals surface area contributed by atoms with Gasteiger partial charge in [0.05, 0.1) is 4.92 Å². The van der Waals surface area contributed by atoms with Gasteiger partial charge in [-0.3, -0.25) is 10.1 Å². The molecule has 0 spiro atoms. The molecule has 2 aliphatic rings. The Morgan fingerprint density at radius 2 is 1.81 bits per heavy atom. The number of nitrogens with one attached hydrogen (secondary N) is 1. The molecule has 0 bridgehead atoms. The molecular formula is C31H44N4O2. The maximum absolute atomic E-state index is 11.7. The minimum absolute atomic E-state index is 0. The van der Waals surface area contributed by atoms with Gasteiger partial charge in [-0.05, 0) is 75.6 Å². The zero-order valence-electron chi connectivity index (χ0n) is 21.5. The van der Waals surface area contributed by atoms with Crippen molar-refractivity contribution >= 4 is 16.6 Å². The molecule has 2 saturated carbocycles. The van der Waals surface area contributed by atoms with Crippen LogP contribution in [-0.4, -0.2) is 28.1 Å². The Labute approximate surface area is 221 Å². The molecule has 0 aliphatic heterocycles. The topological polar surface area (TPSA) is 86.1 Å². The van der Waals surface area contributed by atoms with Crippen molar-refractivity contribution in [3.8, 4) is 0 Å². The second kappa shape index (κ2) is 12.2. The fourth-order valence-electron chi connectivity index (χ4n) is 6.47. The number of nitrogens with two attached hydrogens (primary N) is 1. The summed E-state index contributed by atoms with van der Waals surface area (Å²) in [6.07, 6.45) is 13.9. The zero-order valence-corrected chi connectivity index (χ0v) is 21.5. The minimum atomic E-state index is -0.266. The maximum atomic E-state index is 11.7.